The van der Waals surface area contributed by atoms with Gasteiger partial charge in [-0.2, -0.15) is 0 Å². The minimum Gasteiger partial charge on any atom is -0.396 e. The molecular formula is C9H10FN. The molecule has 0 aliphatic rings. The molecule has 1 aromatic carbocycles. The molecule has 1 rings (SSSR count). The summed E-state index contributed by atoms with van der Waals surface area (Å²) >= 11 is 0. The van der Waals surface area contributed by atoms with Crippen molar-refractivity contribution >= 4 is 11.3 Å². The monoisotopic (exact) mass is 151 g/mol. The van der Waals surface area contributed by atoms with Gasteiger partial charge in [0.1, 0.15) is 5.82 Å². The first-order valence-corrected chi connectivity index (χ1v) is 3.32. The molecule has 11 heavy (non-hydrogen) atoms. The largest absolute Gasteiger partial charge is 0.396 e. The van der Waals surface area contributed by atoms with Gasteiger partial charge < -0.3 is 5.73 Å². The van der Waals surface area contributed by atoms with E-state index in [0.717, 1.165) is 11.1 Å². The lowest BCUT2D eigenvalue weighted by Gasteiger charge is -2.00. The van der Waals surface area contributed by atoms with Crippen molar-refractivity contribution < 1.29 is 4.39 Å². The summed E-state index contributed by atoms with van der Waals surface area (Å²) in [6, 6.07) is 4.68. The molecule has 0 radical (unpaired) electrons. The Morgan fingerprint density at radius 2 is 2.18 bits per heavy atom. The number of nitrogen functional groups attached to an aromatic ring is 1. The number of hydrogen-bond acceptors (Lipinski definition) is 1. The van der Waals surface area contributed by atoms with Crippen LogP contribution in [0.4, 0.5) is 10.1 Å². The summed E-state index contributed by atoms with van der Waals surface area (Å²) in [7, 11) is 0. The number of anilines is 1. The SMILES string of the molecule is C=C(C)c1ccc(N)c(F)c1. The molecule has 0 amide bonds. The van der Waals surface area contributed by atoms with Crippen LogP contribution in [-0.2, 0) is 0 Å². The molecule has 0 atom stereocenters. The van der Waals surface area contributed by atoms with Crippen molar-refractivity contribution in [2.45, 2.75) is 6.92 Å². The van der Waals surface area contributed by atoms with Gasteiger partial charge in [-0.05, 0) is 24.6 Å². The van der Waals surface area contributed by atoms with Gasteiger partial charge in [0.15, 0.2) is 0 Å². The first kappa shape index (κ1) is 7.79. The fourth-order valence-corrected chi connectivity index (χ4v) is 0.793. The third kappa shape index (κ3) is 1.58. The summed E-state index contributed by atoms with van der Waals surface area (Å²) in [5, 5.41) is 0. The number of rotatable bonds is 1. The van der Waals surface area contributed by atoms with Crippen molar-refractivity contribution in [3.8, 4) is 0 Å². The summed E-state index contributed by atoms with van der Waals surface area (Å²) in [4.78, 5) is 0. The lowest BCUT2D eigenvalue weighted by atomic mass is 10.1. The Morgan fingerprint density at radius 3 is 2.64 bits per heavy atom. The van der Waals surface area contributed by atoms with E-state index in [-0.39, 0.29) is 11.5 Å². The van der Waals surface area contributed by atoms with Crippen LogP contribution in [0.25, 0.3) is 5.57 Å². The van der Waals surface area contributed by atoms with Crippen LogP contribution in [0.15, 0.2) is 24.8 Å². The Hall–Kier alpha value is -1.31. The topological polar surface area (TPSA) is 26.0 Å². The smallest absolute Gasteiger partial charge is 0.146 e. The molecule has 0 unspecified atom stereocenters. The second kappa shape index (κ2) is 2.74. The maximum atomic E-state index is 12.8. The normalized spacial score (nSPS) is 9.64. The number of halogens is 1. The average molecular weight is 151 g/mol. The molecule has 0 fully saturated rings. The lowest BCUT2D eigenvalue weighted by molar-refractivity contribution is 0.632. The molecule has 58 valence electrons. The summed E-state index contributed by atoms with van der Waals surface area (Å²) in [5.74, 6) is -0.384. The molecule has 0 saturated heterocycles. The first-order valence-electron chi connectivity index (χ1n) is 3.32. The molecule has 0 bridgehead atoms. The summed E-state index contributed by atoms with van der Waals surface area (Å²) in [5.41, 5.74) is 7.09. The molecule has 2 N–H and O–H groups in total. The van der Waals surface area contributed by atoms with Gasteiger partial charge in [-0.15, -0.1) is 0 Å². The van der Waals surface area contributed by atoms with Gasteiger partial charge in [0.2, 0.25) is 0 Å². The summed E-state index contributed by atoms with van der Waals surface area (Å²) in [6.45, 7) is 5.51. The van der Waals surface area contributed by atoms with Crippen molar-refractivity contribution in [3.63, 3.8) is 0 Å². The van der Waals surface area contributed by atoms with Gasteiger partial charge in [-0.3, -0.25) is 0 Å². The maximum Gasteiger partial charge on any atom is 0.146 e. The van der Waals surface area contributed by atoms with Gasteiger partial charge in [0.25, 0.3) is 0 Å². The van der Waals surface area contributed by atoms with E-state index in [4.69, 9.17) is 5.73 Å². The van der Waals surface area contributed by atoms with E-state index in [2.05, 4.69) is 6.58 Å². The highest BCUT2D eigenvalue weighted by Crippen LogP contribution is 2.16. The van der Waals surface area contributed by atoms with Gasteiger partial charge in [0.05, 0.1) is 5.69 Å². The van der Waals surface area contributed by atoms with E-state index in [0.29, 0.717) is 0 Å². The third-order valence-corrected chi connectivity index (χ3v) is 1.49. The van der Waals surface area contributed by atoms with E-state index in [1.807, 2.05) is 6.92 Å². The second-order valence-corrected chi connectivity index (χ2v) is 2.52. The van der Waals surface area contributed by atoms with Crippen LogP contribution >= 0.6 is 0 Å². The third-order valence-electron chi connectivity index (χ3n) is 1.49. The van der Waals surface area contributed by atoms with Crippen LogP contribution in [0, 0.1) is 5.82 Å². The maximum absolute atomic E-state index is 12.8. The van der Waals surface area contributed by atoms with E-state index in [1.165, 1.54) is 6.07 Å². The van der Waals surface area contributed by atoms with Gasteiger partial charge in [-0.25, -0.2) is 4.39 Å². The Labute approximate surface area is 65.3 Å². The van der Waals surface area contributed by atoms with Crippen molar-refractivity contribution in [1.29, 1.82) is 0 Å². The van der Waals surface area contributed by atoms with Crippen LogP contribution in [0.3, 0.4) is 0 Å². The minimum atomic E-state index is -0.384. The van der Waals surface area contributed by atoms with Crippen molar-refractivity contribution in [2.75, 3.05) is 5.73 Å². The number of allylic oxidation sites excluding steroid dienone is 1. The number of nitrogens with two attached hydrogens (primary N) is 1. The Kier molecular flexibility index (Phi) is 1.94. The molecule has 0 aliphatic heterocycles. The van der Waals surface area contributed by atoms with E-state index in [9.17, 15) is 4.39 Å². The van der Waals surface area contributed by atoms with Crippen LogP contribution in [0.1, 0.15) is 12.5 Å². The van der Waals surface area contributed by atoms with Crippen molar-refractivity contribution in [2.24, 2.45) is 0 Å². The van der Waals surface area contributed by atoms with Crippen LogP contribution < -0.4 is 5.73 Å². The first-order chi connectivity index (χ1) is 5.11. The predicted molar refractivity (Wildman–Crippen MR) is 45.5 cm³/mol. The minimum absolute atomic E-state index is 0.176. The molecule has 0 aliphatic carbocycles. The second-order valence-electron chi connectivity index (χ2n) is 2.52. The van der Waals surface area contributed by atoms with E-state index < -0.39 is 0 Å². The number of hydrogen-bond donors (Lipinski definition) is 1. The highest BCUT2D eigenvalue weighted by Gasteiger charge is 1.98. The molecule has 0 heterocycles. The standard InChI is InChI=1S/C9H10FN/c1-6(2)7-3-4-9(11)8(10)5-7/h3-5H,1,11H2,2H3. The van der Waals surface area contributed by atoms with Crippen LogP contribution in [-0.4, -0.2) is 0 Å². The van der Waals surface area contributed by atoms with E-state index >= 15 is 0 Å². The molecule has 1 nitrogen and oxygen atoms in total. The fourth-order valence-electron chi connectivity index (χ4n) is 0.793. The van der Waals surface area contributed by atoms with Crippen molar-refractivity contribution in [3.05, 3.63) is 36.2 Å². The Balaban J connectivity index is 3.15. The van der Waals surface area contributed by atoms with Gasteiger partial charge in [-0.1, -0.05) is 18.2 Å². The highest BCUT2D eigenvalue weighted by molar-refractivity contribution is 5.63. The molecule has 0 saturated carbocycles. The highest BCUT2D eigenvalue weighted by atomic mass is 19.1. The van der Waals surface area contributed by atoms with Gasteiger partial charge >= 0.3 is 0 Å². The Bertz CT molecular complexity index is 292. The van der Waals surface area contributed by atoms with Crippen molar-refractivity contribution in [1.82, 2.24) is 0 Å². The molecule has 0 aromatic heterocycles. The predicted octanol–water partition coefficient (Wildman–Crippen LogP) is 2.44. The zero-order valence-corrected chi connectivity index (χ0v) is 6.39. The van der Waals surface area contributed by atoms with Gasteiger partial charge in [0, 0.05) is 0 Å². The zero-order chi connectivity index (χ0) is 8.43. The summed E-state index contributed by atoms with van der Waals surface area (Å²) in [6.07, 6.45) is 0. The van der Waals surface area contributed by atoms with Crippen LogP contribution in [0.5, 0.6) is 0 Å². The summed E-state index contributed by atoms with van der Waals surface area (Å²) < 4.78 is 12.8. The molecule has 0 spiro atoms. The van der Waals surface area contributed by atoms with Crippen LogP contribution in [0.2, 0.25) is 0 Å². The fraction of sp³-hybridized carbons (Fsp3) is 0.111. The molecule has 1 aromatic rings. The lowest BCUT2D eigenvalue weighted by Crippen LogP contribution is -1.90. The van der Waals surface area contributed by atoms with E-state index in [1.54, 1.807) is 12.1 Å². The molecule has 2 heteroatoms. The quantitative estimate of drug-likeness (QED) is 0.613. The average Bonchev–Trinajstić information content (AvgIpc) is 1.94. The molecular weight excluding hydrogens is 141 g/mol. The Morgan fingerprint density at radius 1 is 1.55 bits per heavy atom. The zero-order valence-electron chi connectivity index (χ0n) is 6.39. The number of benzene rings is 1.